The van der Waals surface area contributed by atoms with Crippen LogP contribution in [0.4, 0.5) is 0 Å². The Morgan fingerprint density at radius 1 is 0.800 bits per heavy atom. The number of epoxide rings is 1. The second kappa shape index (κ2) is 7.09. The Kier molecular flexibility index (Phi) is 5.01. The maximum atomic E-state index is 11.9. The van der Waals surface area contributed by atoms with Crippen LogP contribution in [-0.4, -0.2) is 24.3 Å². The zero-order valence-electron chi connectivity index (χ0n) is 24.1. The number of rotatable bonds is 1. The van der Waals surface area contributed by atoms with Gasteiger partial charge in [0.2, 0.25) is 0 Å². The Bertz CT molecular complexity index is 922. The van der Waals surface area contributed by atoms with Crippen LogP contribution in [0.5, 0.6) is 0 Å². The van der Waals surface area contributed by atoms with E-state index in [2.05, 4.69) is 55.4 Å². The molecule has 0 spiro atoms. The van der Waals surface area contributed by atoms with Gasteiger partial charge < -0.3 is 9.47 Å². The van der Waals surface area contributed by atoms with E-state index in [9.17, 15) is 4.79 Å². The third-order valence-corrected chi connectivity index (χ3v) is 14.1. The second-order valence-corrected chi connectivity index (χ2v) is 16.6. The fourth-order valence-electron chi connectivity index (χ4n) is 12.0. The van der Waals surface area contributed by atoms with Crippen LogP contribution in [-0.2, 0) is 14.3 Å². The summed E-state index contributed by atoms with van der Waals surface area (Å²) in [5.74, 6) is 2.61. The Labute approximate surface area is 214 Å². The van der Waals surface area contributed by atoms with E-state index < -0.39 is 0 Å². The lowest BCUT2D eigenvalue weighted by Crippen LogP contribution is -2.69. The van der Waals surface area contributed by atoms with Crippen molar-refractivity contribution in [2.45, 2.75) is 138 Å². The number of esters is 1. The predicted molar refractivity (Wildman–Crippen MR) is 140 cm³/mol. The number of fused-ring (bicyclic) bond motifs is 10. The van der Waals surface area contributed by atoms with Gasteiger partial charge >= 0.3 is 5.97 Å². The minimum absolute atomic E-state index is 0.0146. The molecule has 3 nitrogen and oxygen atoms in total. The molecule has 1 aliphatic heterocycles. The fourth-order valence-corrected chi connectivity index (χ4v) is 12.0. The second-order valence-electron chi connectivity index (χ2n) is 16.6. The van der Waals surface area contributed by atoms with Crippen molar-refractivity contribution in [3.8, 4) is 0 Å². The molecule has 0 bridgehead atoms. The monoisotopic (exact) mass is 484 g/mol. The molecule has 11 atom stereocenters. The normalized spacial score (nSPS) is 57.5. The molecular formula is C32H52O3. The molecule has 0 radical (unpaired) electrons. The number of carbonyl (C=O) groups excluding carboxylic acids is 1. The summed E-state index contributed by atoms with van der Waals surface area (Å²) in [6.07, 6.45) is 12.7. The molecule has 6 aliphatic rings. The SMILES string of the molecule is CC(=O)OC1CCC2(C)C(CCC3(C)C2C2OC2C2C4CC(C)(C)CCC4(C)CCC23C)C1(C)C. The topological polar surface area (TPSA) is 38.8 Å². The molecule has 6 fully saturated rings. The molecule has 0 aromatic heterocycles. The van der Waals surface area contributed by atoms with Crippen LogP contribution in [0.1, 0.15) is 120 Å². The van der Waals surface area contributed by atoms with Gasteiger partial charge in [0, 0.05) is 12.3 Å². The van der Waals surface area contributed by atoms with E-state index >= 15 is 0 Å². The summed E-state index contributed by atoms with van der Waals surface area (Å²) in [6.45, 7) is 22.1. The average Bonchev–Trinajstić information content (AvgIpc) is 3.50. The zero-order valence-corrected chi connectivity index (χ0v) is 24.1. The molecule has 5 aliphatic carbocycles. The highest BCUT2D eigenvalue weighted by molar-refractivity contribution is 5.66. The lowest BCUT2D eigenvalue weighted by Gasteiger charge is -2.72. The standard InChI is InChI=1S/C32H52O3/c1-19(33)34-22-11-12-30(7)21(28(22,4)5)10-13-32(9)26(30)25-24(35-25)23-20-18-27(2,3)14-15-29(20,6)16-17-31(23,32)8/h20-26H,10-18H2,1-9H3. The van der Waals surface area contributed by atoms with E-state index in [4.69, 9.17) is 9.47 Å². The van der Waals surface area contributed by atoms with E-state index in [1.54, 1.807) is 6.92 Å². The molecule has 5 saturated carbocycles. The molecule has 1 heterocycles. The van der Waals surface area contributed by atoms with E-state index in [0.717, 1.165) is 18.3 Å². The third-order valence-electron chi connectivity index (χ3n) is 14.1. The molecule has 0 amide bonds. The smallest absolute Gasteiger partial charge is 0.302 e. The van der Waals surface area contributed by atoms with Crippen molar-refractivity contribution < 1.29 is 14.3 Å². The van der Waals surface area contributed by atoms with Crippen molar-refractivity contribution in [1.82, 2.24) is 0 Å². The van der Waals surface area contributed by atoms with Gasteiger partial charge in [0.05, 0.1) is 12.2 Å². The van der Waals surface area contributed by atoms with Gasteiger partial charge in [0.25, 0.3) is 0 Å². The van der Waals surface area contributed by atoms with Gasteiger partial charge in [-0.3, -0.25) is 4.79 Å². The van der Waals surface area contributed by atoms with E-state index in [1.807, 2.05) is 0 Å². The maximum Gasteiger partial charge on any atom is 0.302 e. The average molecular weight is 485 g/mol. The van der Waals surface area contributed by atoms with Gasteiger partial charge in [-0.2, -0.15) is 0 Å². The molecule has 0 N–H and O–H groups in total. The van der Waals surface area contributed by atoms with Crippen LogP contribution in [0, 0.1) is 56.2 Å². The molecule has 1 saturated heterocycles. The lowest BCUT2D eigenvalue weighted by atomic mass is 9.31. The summed E-state index contributed by atoms with van der Waals surface area (Å²) in [7, 11) is 0. The number of hydrogen-bond acceptors (Lipinski definition) is 3. The van der Waals surface area contributed by atoms with Crippen molar-refractivity contribution >= 4 is 5.97 Å². The van der Waals surface area contributed by atoms with E-state index in [-0.39, 0.29) is 22.9 Å². The van der Waals surface area contributed by atoms with Gasteiger partial charge in [0.15, 0.2) is 0 Å². The maximum absolute atomic E-state index is 11.9. The quantitative estimate of drug-likeness (QED) is 0.281. The summed E-state index contributed by atoms with van der Waals surface area (Å²) in [5, 5.41) is 0. The molecule has 0 aromatic carbocycles. The van der Waals surface area contributed by atoms with Crippen molar-refractivity contribution in [1.29, 1.82) is 0 Å². The van der Waals surface area contributed by atoms with Gasteiger partial charge in [-0.25, -0.2) is 0 Å². The minimum Gasteiger partial charge on any atom is -0.462 e. The summed E-state index contributed by atoms with van der Waals surface area (Å²) in [4.78, 5) is 11.9. The summed E-state index contributed by atoms with van der Waals surface area (Å²) < 4.78 is 12.8. The first kappa shape index (κ1) is 24.7. The largest absolute Gasteiger partial charge is 0.462 e. The summed E-state index contributed by atoms with van der Waals surface area (Å²) in [6, 6.07) is 0. The first-order valence-corrected chi connectivity index (χ1v) is 14.9. The molecule has 3 heteroatoms. The highest BCUT2D eigenvalue weighted by Crippen LogP contribution is 2.80. The van der Waals surface area contributed by atoms with Gasteiger partial charge in [0.1, 0.15) is 6.10 Å². The molecule has 35 heavy (non-hydrogen) atoms. The Hall–Kier alpha value is -0.570. The third kappa shape index (κ3) is 3.09. The molecule has 0 aromatic rings. The van der Waals surface area contributed by atoms with Crippen LogP contribution in [0.25, 0.3) is 0 Å². The molecule has 11 unspecified atom stereocenters. The van der Waals surface area contributed by atoms with Crippen LogP contribution in [0.2, 0.25) is 0 Å². The van der Waals surface area contributed by atoms with E-state index in [1.165, 1.54) is 51.4 Å². The summed E-state index contributed by atoms with van der Waals surface area (Å²) >= 11 is 0. The van der Waals surface area contributed by atoms with E-state index in [0.29, 0.717) is 45.7 Å². The first-order chi connectivity index (χ1) is 16.1. The Balaban J connectivity index is 1.38. The number of ether oxygens (including phenoxy) is 2. The summed E-state index contributed by atoms with van der Waals surface area (Å²) in [5.41, 5.74) is 1.93. The Morgan fingerprint density at radius 3 is 2.17 bits per heavy atom. The van der Waals surface area contributed by atoms with Crippen molar-refractivity contribution in [3.05, 3.63) is 0 Å². The van der Waals surface area contributed by atoms with Crippen LogP contribution >= 0.6 is 0 Å². The van der Waals surface area contributed by atoms with Crippen LogP contribution in [0.3, 0.4) is 0 Å². The van der Waals surface area contributed by atoms with Gasteiger partial charge in [-0.05, 0) is 109 Å². The number of hydrogen-bond donors (Lipinski definition) is 0. The Morgan fingerprint density at radius 2 is 1.49 bits per heavy atom. The van der Waals surface area contributed by atoms with Gasteiger partial charge in [-0.15, -0.1) is 0 Å². The predicted octanol–water partition coefficient (Wildman–Crippen LogP) is 7.81. The fraction of sp³-hybridized carbons (Fsp3) is 0.969. The zero-order chi connectivity index (χ0) is 25.4. The first-order valence-electron chi connectivity index (χ1n) is 14.9. The van der Waals surface area contributed by atoms with Crippen LogP contribution < -0.4 is 0 Å². The van der Waals surface area contributed by atoms with Gasteiger partial charge in [-0.1, -0.05) is 55.4 Å². The molecule has 198 valence electrons. The van der Waals surface area contributed by atoms with Crippen LogP contribution in [0.15, 0.2) is 0 Å². The molecular weight excluding hydrogens is 432 g/mol. The van der Waals surface area contributed by atoms with Crippen molar-refractivity contribution in [3.63, 3.8) is 0 Å². The highest BCUT2D eigenvalue weighted by Gasteiger charge is 2.78. The minimum atomic E-state index is -0.119. The lowest BCUT2D eigenvalue weighted by molar-refractivity contribution is -0.245. The number of carbonyl (C=O) groups is 1. The molecule has 6 rings (SSSR count). The van der Waals surface area contributed by atoms with Crippen molar-refractivity contribution in [2.75, 3.05) is 0 Å². The highest BCUT2D eigenvalue weighted by atomic mass is 16.6. The van der Waals surface area contributed by atoms with Crippen molar-refractivity contribution in [2.24, 2.45) is 56.2 Å².